The fourth-order valence-electron chi connectivity index (χ4n) is 1.43. The van der Waals surface area contributed by atoms with Crippen LogP contribution in [-0.4, -0.2) is 26.2 Å². The zero-order valence-electron chi connectivity index (χ0n) is 10.3. The van der Waals surface area contributed by atoms with Crippen molar-refractivity contribution in [1.29, 1.82) is 0 Å². The smallest absolute Gasteiger partial charge is 0.173 e. The molecule has 0 spiro atoms. The Labute approximate surface area is 158 Å². The summed E-state index contributed by atoms with van der Waals surface area (Å²) in [7, 11) is 1.90. The van der Waals surface area contributed by atoms with Crippen molar-refractivity contribution in [3.05, 3.63) is 37.2 Å². The predicted octanol–water partition coefficient (Wildman–Crippen LogP) is 3.89. The molecule has 0 amide bonds. The van der Waals surface area contributed by atoms with Crippen LogP contribution in [0.5, 0.6) is 5.75 Å². The van der Waals surface area contributed by atoms with E-state index in [-0.39, 0.29) is 28.5 Å². The lowest BCUT2D eigenvalue weighted by Crippen LogP contribution is -2.04. The standard InChI is InChI=1S/C12H10I2N2O2S.BrH/c1-16-3-2-15-12(16)19-6-10(17)7-4-8(13)11(18)9(14)5-7;/h2-5,18H,6H2,1H3;1H. The van der Waals surface area contributed by atoms with Gasteiger partial charge >= 0.3 is 0 Å². The van der Waals surface area contributed by atoms with Crippen molar-refractivity contribution in [1.82, 2.24) is 9.55 Å². The molecule has 0 unspecified atom stereocenters. The molecule has 1 heterocycles. The first-order chi connectivity index (χ1) is 8.99. The summed E-state index contributed by atoms with van der Waals surface area (Å²) in [5.74, 6) is 0.597. The topological polar surface area (TPSA) is 55.1 Å². The number of rotatable bonds is 4. The summed E-state index contributed by atoms with van der Waals surface area (Å²) in [6.07, 6.45) is 3.55. The Bertz CT molecular complexity index is 611. The van der Waals surface area contributed by atoms with Crippen LogP contribution in [0.2, 0.25) is 0 Å². The van der Waals surface area contributed by atoms with Crippen molar-refractivity contribution in [2.24, 2.45) is 7.05 Å². The van der Waals surface area contributed by atoms with Crippen molar-refractivity contribution in [3.8, 4) is 5.75 Å². The molecule has 1 aromatic carbocycles. The van der Waals surface area contributed by atoms with E-state index in [4.69, 9.17) is 0 Å². The molecule has 2 rings (SSSR count). The number of aromatic nitrogens is 2. The Kier molecular flexibility index (Phi) is 7.29. The Morgan fingerprint density at radius 1 is 1.40 bits per heavy atom. The van der Waals surface area contributed by atoms with Gasteiger partial charge in [0.1, 0.15) is 5.75 Å². The molecule has 0 saturated heterocycles. The molecule has 8 heteroatoms. The third-order valence-corrected chi connectivity index (χ3v) is 5.15. The molecule has 1 N–H and O–H groups in total. The van der Waals surface area contributed by atoms with Gasteiger partial charge < -0.3 is 9.67 Å². The largest absolute Gasteiger partial charge is 0.506 e. The maximum absolute atomic E-state index is 12.1. The van der Waals surface area contributed by atoms with E-state index in [0.717, 1.165) is 5.16 Å². The lowest BCUT2D eigenvalue weighted by molar-refractivity contribution is 0.102. The van der Waals surface area contributed by atoms with Crippen LogP contribution in [0, 0.1) is 7.14 Å². The summed E-state index contributed by atoms with van der Waals surface area (Å²) in [4.78, 5) is 16.3. The summed E-state index contributed by atoms with van der Waals surface area (Å²) in [5.41, 5.74) is 0.619. The minimum absolute atomic E-state index is 0. The molecule has 4 nitrogen and oxygen atoms in total. The van der Waals surface area contributed by atoms with E-state index < -0.39 is 0 Å². The van der Waals surface area contributed by atoms with Crippen LogP contribution in [0.25, 0.3) is 0 Å². The first-order valence-electron chi connectivity index (χ1n) is 5.30. The zero-order chi connectivity index (χ0) is 14.0. The first-order valence-corrected chi connectivity index (χ1v) is 8.44. The zero-order valence-corrected chi connectivity index (χ0v) is 17.2. The number of carbonyl (C=O) groups is 1. The third kappa shape index (κ3) is 4.34. The van der Waals surface area contributed by atoms with Gasteiger partial charge in [0.2, 0.25) is 0 Å². The van der Waals surface area contributed by atoms with Crippen LogP contribution in [0.15, 0.2) is 29.7 Å². The molecule has 0 radical (unpaired) electrons. The Balaban J connectivity index is 0.00000200. The van der Waals surface area contributed by atoms with E-state index in [0.29, 0.717) is 18.5 Å². The van der Waals surface area contributed by atoms with Crippen molar-refractivity contribution < 1.29 is 9.90 Å². The van der Waals surface area contributed by atoms with Crippen molar-refractivity contribution in [3.63, 3.8) is 0 Å². The van der Waals surface area contributed by atoms with Crippen LogP contribution >= 0.6 is 73.9 Å². The number of thioether (sulfide) groups is 1. The van der Waals surface area contributed by atoms with E-state index in [9.17, 15) is 9.90 Å². The molecule has 0 fully saturated rings. The molecule has 2 aromatic rings. The number of imidazole rings is 1. The molecule has 1 aromatic heterocycles. The predicted molar refractivity (Wildman–Crippen MR) is 102 cm³/mol. The normalized spacial score (nSPS) is 10.2. The fraction of sp³-hybridized carbons (Fsp3) is 0.167. The lowest BCUT2D eigenvalue weighted by Gasteiger charge is -2.05. The number of ketones is 1. The molecule has 0 aliphatic carbocycles. The highest BCUT2D eigenvalue weighted by Gasteiger charge is 2.13. The number of aryl methyl sites for hydroxylation is 1. The maximum Gasteiger partial charge on any atom is 0.173 e. The second kappa shape index (κ2) is 7.99. The number of phenols is 1. The van der Waals surface area contributed by atoms with Gasteiger partial charge in [0.15, 0.2) is 10.9 Å². The molecule has 20 heavy (non-hydrogen) atoms. The van der Waals surface area contributed by atoms with Gasteiger partial charge in [-0.25, -0.2) is 4.98 Å². The quantitative estimate of drug-likeness (QED) is 0.339. The molecular weight excluding hydrogens is 570 g/mol. The van der Waals surface area contributed by atoms with Crippen LogP contribution in [0.4, 0.5) is 0 Å². The van der Waals surface area contributed by atoms with Gasteiger partial charge in [-0.1, -0.05) is 11.8 Å². The monoisotopic (exact) mass is 580 g/mol. The van der Waals surface area contributed by atoms with Gasteiger partial charge in [0.25, 0.3) is 0 Å². The van der Waals surface area contributed by atoms with Crippen molar-refractivity contribution in [2.45, 2.75) is 5.16 Å². The van der Waals surface area contributed by atoms with Crippen molar-refractivity contribution in [2.75, 3.05) is 5.75 Å². The highest BCUT2D eigenvalue weighted by Crippen LogP contribution is 2.28. The number of halogens is 3. The van der Waals surface area contributed by atoms with Gasteiger partial charge in [-0.15, -0.1) is 17.0 Å². The average molecular weight is 581 g/mol. The van der Waals surface area contributed by atoms with Crippen LogP contribution in [0.1, 0.15) is 10.4 Å². The number of hydrogen-bond acceptors (Lipinski definition) is 4. The number of aromatic hydroxyl groups is 1. The highest BCUT2D eigenvalue weighted by atomic mass is 127. The summed E-state index contributed by atoms with van der Waals surface area (Å²) in [6.45, 7) is 0. The minimum Gasteiger partial charge on any atom is -0.506 e. The van der Waals surface area contributed by atoms with Crippen LogP contribution in [0.3, 0.4) is 0 Å². The summed E-state index contributed by atoms with van der Waals surface area (Å²) < 4.78 is 3.26. The van der Waals surface area contributed by atoms with Gasteiger partial charge in [0.05, 0.1) is 12.9 Å². The van der Waals surface area contributed by atoms with E-state index in [1.54, 1.807) is 18.3 Å². The van der Waals surface area contributed by atoms with Gasteiger partial charge in [-0.2, -0.15) is 0 Å². The number of carbonyl (C=O) groups excluding carboxylic acids is 1. The lowest BCUT2D eigenvalue weighted by atomic mass is 10.1. The molecule has 0 atom stereocenters. The number of nitrogens with zero attached hydrogens (tertiary/aromatic N) is 2. The van der Waals surface area contributed by atoms with Crippen molar-refractivity contribution >= 4 is 79.7 Å². The molecular formula is C12H11BrI2N2O2S. The summed E-state index contributed by atoms with van der Waals surface area (Å²) >= 11 is 5.45. The van der Waals surface area contributed by atoms with E-state index in [1.807, 2.05) is 63.0 Å². The summed E-state index contributed by atoms with van der Waals surface area (Å²) in [6, 6.07) is 3.42. The summed E-state index contributed by atoms with van der Waals surface area (Å²) in [5, 5.41) is 10.5. The molecule has 0 saturated carbocycles. The molecule has 108 valence electrons. The average Bonchev–Trinajstić information content (AvgIpc) is 2.78. The second-order valence-corrected chi connectivity index (χ2v) is 7.09. The van der Waals surface area contributed by atoms with Gasteiger partial charge in [-0.05, 0) is 57.3 Å². The van der Waals surface area contributed by atoms with Gasteiger partial charge in [-0.3, -0.25) is 4.79 Å². The van der Waals surface area contributed by atoms with E-state index in [1.165, 1.54) is 11.8 Å². The van der Waals surface area contributed by atoms with E-state index in [2.05, 4.69) is 4.98 Å². The first kappa shape index (κ1) is 18.2. The number of benzene rings is 1. The maximum atomic E-state index is 12.1. The second-order valence-electron chi connectivity index (χ2n) is 3.82. The number of Topliss-reactive ketones (excluding diaryl/α,β-unsaturated/α-hetero) is 1. The van der Waals surface area contributed by atoms with Gasteiger partial charge in [0, 0.05) is 25.0 Å². The SMILES string of the molecule is Br.Cn1ccnc1SCC(=O)c1cc(I)c(O)c(I)c1. The Hall–Kier alpha value is 0.190. The third-order valence-electron chi connectivity index (χ3n) is 2.45. The minimum atomic E-state index is 0. The Morgan fingerprint density at radius 2 is 2.00 bits per heavy atom. The molecule has 0 bridgehead atoms. The van der Waals surface area contributed by atoms with Crippen LogP contribution in [-0.2, 0) is 7.05 Å². The highest BCUT2D eigenvalue weighted by molar-refractivity contribution is 14.1. The number of hydrogen-bond donors (Lipinski definition) is 1. The molecule has 0 aliphatic heterocycles. The van der Waals surface area contributed by atoms with E-state index >= 15 is 0 Å². The Morgan fingerprint density at radius 3 is 2.50 bits per heavy atom. The molecule has 0 aliphatic rings. The fourth-order valence-corrected chi connectivity index (χ4v) is 4.03. The number of phenolic OH excluding ortho intramolecular Hbond substituents is 1. The van der Waals surface area contributed by atoms with Crippen LogP contribution < -0.4 is 0 Å².